The van der Waals surface area contributed by atoms with Crippen molar-refractivity contribution < 1.29 is 18.0 Å². The van der Waals surface area contributed by atoms with Crippen molar-refractivity contribution in [1.29, 1.82) is 0 Å². The van der Waals surface area contributed by atoms with Gasteiger partial charge in [-0.25, -0.2) is 0 Å². The second kappa shape index (κ2) is 6.47. The van der Waals surface area contributed by atoms with E-state index in [-0.39, 0.29) is 11.0 Å². The van der Waals surface area contributed by atoms with E-state index in [4.69, 9.17) is 0 Å². The van der Waals surface area contributed by atoms with Gasteiger partial charge in [0.15, 0.2) is 0 Å². The molecular weight excluding hydrogens is 403 g/mol. The van der Waals surface area contributed by atoms with Crippen LogP contribution in [0.15, 0.2) is 22.7 Å². The van der Waals surface area contributed by atoms with E-state index in [1.54, 1.807) is 0 Å². The molecule has 0 saturated carbocycles. The van der Waals surface area contributed by atoms with Crippen LogP contribution < -0.4 is 5.32 Å². The molecule has 20 heavy (non-hydrogen) atoms. The quantitative estimate of drug-likeness (QED) is 0.713. The third kappa shape index (κ3) is 4.77. The predicted octanol–water partition coefficient (Wildman–Crippen LogP) is 4.62. The molecule has 112 valence electrons. The van der Waals surface area contributed by atoms with Crippen molar-refractivity contribution in [3.63, 3.8) is 0 Å². The minimum Gasteiger partial charge on any atom is -0.351 e. The molecule has 0 aliphatic heterocycles. The molecule has 0 aromatic heterocycles. The number of hydrogen-bond acceptors (Lipinski definition) is 1. The highest BCUT2D eigenvalue weighted by Crippen LogP contribution is 2.32. The Morgan fingerprint density at radius 3 is 2.40 bits per heavy atom. The first-order valence-corrected chi connectivity index (χ1v) is 7.69. The molecule has 0 aliphatic rings. The first-order valence-electron chi connectivity index (χ1n) is 5.78. The highest BCUT2D eigenvalue weighted by Gasteiger charge is 2.31. The molecule has 7 heteroatoms. The monoisotopic (exact) mass is 415 g/mol. The molecule has 0 spiro atoms. The molecule has 1 amide bonds. The molecule has 0 unspecified atom stereocenters. The first kappa shape index (κ1) is 17.5. The van der Waals surface area contributed by atoms with Gasteiger partial charge < -0.3 is 5.32 Å². The topological polar surface area (TPSA) is 29.1 Å². The maximum Gasteiger partial charge on any atom is 0.416 e. The fourth-order valence-corrected chi connectivity index (χ4v) is 1.96. The van der Waals surface area contributed by atoms with Crippen molar-refractivity contribution in [2.24, 2.45) is 5.41 Å². The van der Waals surface area contributed by atoms with E-state index in [1.165, 1.54) is 6.07 Å². The number of alkyl halides is 4. The number of carbonyl (C=O) groups is 1. The standard InChI is InChI=1S/C13H14Br2F3NO/c1-12(2,6-14)7-19-11(20)9-5-8(13(16,17)18)3-4-10(9)15/h3-5H,6-7H2,1-2H3,(H,19,20). The zero-order valence-electron chi connectivity index (χ0n) is 10.9. The summed E-state index contributed by atoms with van der Waals surface area (Å²) >= 11 is 6.42. The van der Waals surface area contributed by atoms with Gasteiger partial charge in [-0.1, -0.05) is 29.8 Å². The Kier molecular flexibility index (Phi) is 5.66. The van der Waals surface area contributed by atoms with Gasteiger partial charge in [0.25, 0.3) is 5.91 Å². The van der Waals surface area contributed by atoms with Gasteiger partial charge in [-0.3, -0.25) is 4.79 Å². The number of benzene rings is 1. The summed E-state index contributed by atoms with van der Waals surface area (Å²) in [5.41, 5.74) is -1.04. The highest BCUT2D eigenvalue weighted by atomic mass is 79.9. The van der Waals surface area contributed by atoms with E-state index in [0.717, 1.165) is 12.1 Å². The number of halogens is 5. The summed E-state index contributed by atoms with van der Waals surface area (Å²) in [5, 5.41) is 3.31. The Hall–Kier alpha value is -0.560. The Balaban J connectivity index is 2.93. The second-order valence-corrected chi connectivity index (χ2v) is 6.59. The summed E-state index contributed by atoms with van der Waals surface area (Å²) in [5.74, 6) is -0.531. The van der Waals surface area contributed by atoms with Gasteiger partial charge in [0.05, 0.1) is 11.1 Å². The number of rotatable bonds is 4. The van der Waals surface area contributed by atoms with E-state index in [9.17, 15) is 18.0 Å². The summed E-state index contributed by atoms with van der Waals surface area (Å²) < 4.78 is 38.3. The van der Waals surface area contributed by atoms with Crippen LogP contribution in [0.4, 0.5) is 13.2 Å². The number of carbonyl (C=O) groups excluding carboxylic acids is 1. The summed E-state index contributed by atoms with van der Waals surface area (Å²) in [6.07, 6.45) is -4.47. The van der Waals surface area contributed by atoms with E-state index >= 15 is 0 Å². The molecule has 0 fully saturated rings. The SMILES string of the molecule is CC(C)(CBr)CNC(=O)c1cc(C(F)(F)F)ccc1Br. The normalized spacial score (nSPS) is 12.3. The average molecular weight is 417 g/mol. The lowest BCUT2D eigenvalue weighted by molar-refractivity contribution is -0.137. The lowest BCUT2D eigenvalue weighted by Gasteiger charge is -2.22. The molecule has 0 aliphatic carbocycles. The Bertz CT molecular complexity index is 501. The van der Waals surface area contributed by atoms with E-state index in [2.05, 4.69) is 37.2 Å². The van der Waals surface area contributed by atoms with Crippen molar-refractivity contribution in [2.75, 3.05) is 11.9 Å². The average Bonchev–Trinajstić information content (AvgIpc) is 2.35. The summed E-state index contributed by atoms with van der Waals surface area (Å²) in [6.45, 7) is 4.23. The number of hydrogen-bond donors (Lipinski definition) is 1. The largest absolute Gasteiger partial charge is 0.416 e. The van der Waals surface area contributed by atoms with Crippen LogP contribution in [-0.2, 0) is 6.18 Å². The molecular formula is C13H14Br2F3NO. The number of nitrogens with one attached hydrogen (secondary N) is 1. The van der Waals surface area contributed by atoms with Crippen LogP contribution >= 0.6 is 31.9 Å². The van der Waals surface area contributed by atoms with Crippen LogP contribution in [0.3, 0.4) is 0 Å². The third-order valence-corrected chi connectivity index (χ3v) is 4.84. The molecule has 0 heterocycles. The van der Waals surface area contributed by atoms with Crippen molar-refractivity contribution in [3.05, 3.63) is 33.8 Å². The van der Waals surface area contributed by atoms with Crippen LogP contribution in [0.2, 0.25) is 0 Å². The smallest absolute Gasteiger partial charge is 0.351 e. The molecule has 1 aromatic carbocycles. The maximum atomic E-state index is 12.6. The van der Waals surface area contributed by atoms with Gasteiger partial charge in [-0.2, -0.15) is 13.2 Å². The van der Waals surface area contributed by atoms with Gasteiger partial charge in [-0.15, -0.1) is 0 Å². The van der Waals surface area contributed by atoms with Crippen LogP contribution in [0, 0.1) is 5.41 Å². The zero-order valence-corrected chi connectivity index (χ0v) is 14.1. The van der Waals surface area contributed by atoms with Crippen LogP contribution in [0.1, 0.15) is 29.8 Å². The van der Waals surface area contributed by atoms with Crippen LogP contribution in [0.25, 0.3) is 0 Å². The van der Waals surface area contributed by atoms with E-state index < -0.39 is 17.6 Å². The summed E-state index contributed by atoms with van der Waals surface area (Å²) in [4.78, 5) is 12.0. The molecule has 1 rings (SSSR count). The Labute approximate surface area is 132 Å². The fourth-order valence-electron chi connectivity index (χ4n) is 1.34. The van der Waals surface area contributed by atoms with Gasteiger partial charge in [0.1, 0.15) is 0 Å². The van der Waals surface area contributed by atoms with E-state index in [0.29, 0.717) is 16.3 Å². The molecule has 1 aromatic rings. The highest BCUT2D eigenvalue weighted by molar-refractivity contribution is 9.10. The molecule has 0 radical (unpaired) electrons. The van der Waals surface area contributed by atoms with Gasteiger partial charge in [0, 0.05) is 16.3 Å². The van der Waals surface area contributed by atoms with Crippen LogP contribution in [0.5, 0.6) is 0 Å². The van der Waals surface area contributed by atoms with Gasteiger partial charge in [-0.05, 0) is 39.5 Å². The Morgan fingerprint density at radius 2 is 1.90 bits per heavy atom. The summed E-state index contributed by atoms with van der Waals surface area (Å²) in [6, 6.07) is 3.01. The fraction of sp³-hybridized carbons (Fsp3) is 0.462. The van der Waals surface area contributed by atoms with Gasteiger partial charge >= 0.3 is 6.18 Å². The molecule has 0 atom stereocenters. The van der Waals surface area contributed by atoms with Crippen molar-refractivity contribution in [2.45, 2.75) is 20.0 Å². The van der Waals surface area contributed by atoms with Gasteiger partial charge in [0.2, 0.25) is 0 Å². The summed E-state index contributed by atoms with van der Waals surface area (Å²) in [7, 11) is 0. The number of amides is 1. The second-order valence-electron chi connectivity index (χ2n) is 5.17. The Morgan fingerprint density at radius 1 is 1.30 bits per heavy atom. The lowest BCUT2D eigenvalue weighted by Crippen LogP contribution is -2.35. The maximum absolute atomic E-state index is 12.6. The minimum atomic E-state index is -4.47. The predicted molar refractivity (Wildman–Crippen MR) is 79.1 cm³/mol. The van der Waals surface area contributed by atoms with Crippen molar-refractivity contribution >= 4 is 37.8 Å². The van der Waals surface area contributed by atoms with Crippen molar-refractivity contribution in [1.82, 2.24) is 5.32 Å². The lowest BCUT2D eigenvalue weighted by atomic mass is 9.96. The molecule has 1 N–H and O–H groups in total. The van der Waals surface area contributed by atoms with Crippen LogP contribution in [-0.4, -0.2) is 17.8 Å². The van der Waals surface area contributed by atoms with E-state index in [1.807, 2.05) is 13.8 Å². The van der Waals surface area contributed by atoms with Crippen molar-refractivity contribution in [3.8, 4) is 0 Å². The molecule has 0 bridgehead atoms. The zero-order chi connectivity index (χ0) is 15.6. The minimum absolute atomic E-state index is 0.0230. The molecule has 2 nitrogen and oxygen atoms in total. The molecule has 0 saturated heterocycles. The third-order valence-electron chi connectivity index (χ3n) is 2.63. The first-order chi connectivity index (χ1) is 9.07.